The van der Waals surface area contributed by atoms with Crippen LogP contribution < -0.4 is 0 Å². The summed E-state index contributed by atoms with van der Waals surface area (Å²) in [4.78, 5) is 2.61. The van der Waals surface area contributed by atoms with Gasteiger partial charge < -0.3 is 4.90 Å². The molecule has 1 rings (SSSR count). The van der Waals surface area contributed by atoms with Crippen LogP contribution in [-0.4, -0.2) is 24.5 Å². The topological polar surface area (TPSA) is 3.24 Å². The first-order valence-electron chi connectivity index (χ1n) is 8.47. The van der Waals surface area contributed by atoms with Gasteiger partial charge in [0.2, 0.25) is 0 Å². The highest BCUT2D eigenvalue weighted by molar-refractivity contribution is 5.23. The molecule has 0 aromatic rings. The van der Waals surface area contributed by atoms with Crippen LogP contribution in [0.5, 0.6) is 0 Å². The van der Waals surface area contributed by atoms with Gasteiger partial charge in [0.15, 0.2) is 0 Å². The van der Waals surface area contributed by atoms with E-state index in [9.17, 15) is 0 Å². The largest absolute Gasteiger partial charge is 0.303 e. The van der Waals surface area contributed by atoms with Gasteiger partial charge in [-0.25, -0.2) is 0 Å². The van der Waals surface area contributed by atoms with Crippen LogP contribution in [-0.2, 0) is 0 Å². The molecule has 0 saturated carbocycles. The van der Waals surface area contributed by atoms with Gasteiger partial charge in [-0.05, 0) is 69.7 Å². The van der Waals surface area contributed by atoms with Crippen molar-refractivity contribution >= 4 is 0 Å². The molecule has 1 heteroatoms. The van der Waals surface area contributed by atoms with Crippen molar-refractivity contribution in [1.29, 1.82) is 0 Å². The van der Waals surface area contributed by atoms with E-state index >= 15 is 0 Å². The van der Waals surface area contributed by atoms with Crippen LogP contribution in [0.2, 0.25) is 0 Å². The molecule has 0 aromatic heterocycles. The SMILES string of the molecule is CC\C=C/C(=C\C=C\CC(C)C)CCCN1CCCC1. The Bertz CT molecular complexity index is 317. The first kappa shape index (κ1) is 17.2. The van der Waals surface area contributed by atoms with E-state index in [-0.39, 0.29) is 0 Å². The molecule has 0 aliphatic carbocycles. The van der Waals surface area contributed by atoms with Crippen molar-refractivity contribution in [2.24, 2.45) is 5.92 Å². The number of likely N-dealkylation sites (tertiary alicyclic amines) is 1. The quantitative estimate of drug-likeness (QED) is 0.512. The molecule has 0 aromatic carbocycles. The fourth-order valence-electron chi connectivity index (χ4n) is 2.55. The second-order valence-corrected chi connectivity index (χ2v) is 6.26. The third kappa shape index (κ3) is 8.37. The lowest BCUT2D eigenvalue weighted by Crippen LogP contribution is -2.20. The molecule has 0 N–H and O–H groups in total. The molecule has 0 radical (unpaired) electrons. The fourth-order valence-corrected chi connectivity index (χ4v) is 2.55. The normalized spacial score (nSPS) is 18.1. The maximum atomic E-state index is 2.61. The second kappa shape index (κ2) is 10.9. The Labute approximate surface area is 126 Å². The summed E-state index contributed by atoms with van der Waals surface area (Å²) in [6, 6.07) is 0. The van der Waals surface area contributed by atoms with Gasteiger partial charge in [0.05, 0.1) is 0 Å². The number of hydrogen-bond acceptors (Lipinski definition) is 1. The molecule has 0 bridgehead atoms. The van der Waals surface area contributed by atoms with E-state index in [1.165, 1.54) is 57.3 Å². The lowest BCUT2D eigenvalue weighted by Gasteiger charge is -2.14. The Kier molecular flexibility index (Phi) is 9.40. The van der Waals surface area contributed by atoms with E-state index in [2.05, 4.69) is 56.1 Å². The van der Waals surface area contributed by atoms with Crippen molar-refractivity contribution in [2.75, 3.05) is 19.6 Å². The van der Waals surface area contributed by atoms with Gasteiger partial charge in [0.1, 0.15) is 0 Å². The zero-order valence-electron chi connectivity index (χ0n) is 13.8. The number of allylic oxidation sites excluding steroid dienone is 6. The lowest BCUT2D eigenvalue weighted by molar-refractivity contribution is 0.334. The predicted octanol–water partition coefficient (Wildman–Crippen LogP) is 5.36. The summed E-state index contributed by atoms with van der Waals surface area (Å²) in [7, 11) is 0. The van der Waals surface area contributed by atoms with E-state index in [1.54, 1.807) is 0 Å². The molecule has 1 fully saturated rings. The predicted molar refractivity (Wildman–Crippen MR) is 91.0 cm³/mol. The van der Waals surface area contributed by atoms with Crippen LogP contribution in [0.3, 0.4) is 0 Å². The summed E-state index contributed by atoms with van der Waals surface area (Å²) in [6.07, 6.45) is 19.0. The van der Waals surface area contributed by atoms with Gasteiger partial charge in [0.25, 0.3) is 0 Å². The van der Waals surface area contributed by atoms with E-state index in [0.717, 1.165) is 12.3 Å². The summed E-state index contributed by atoms with van der Waals surface area (Å²) in [6.45, 7) is 10.6. The zero-order chi connectivity index (χ0) is 14.6. The van der Waals surface area contributed by atoms with Crippen LogP contribution in [0.25, 0.3) is 0 Å². The van der Waals surface area contributed by atoms with Crippen LogP contribution in [0, 0.1) is 5.92 Å². The summed E-state index contributed by atoms with van der Waals surface area (Å²) in [5.74, 6) is 0.754. The molecule has 1 aliphatic rings. The van der Waals surface area contributed by atoms with E-state index in [0.29, 0.717) is 0 Å². The zero-order valence-corrected chi connectivity index (χ0v) is 13.8. The third-order valence-electron chi connectivity index (χ3n) is 3.76. The van der Waals surface area contributed by atoms with Crippen molar-refractivity contribution in [3.8, 4) is 0 Å². The first-order chi connectivity index (χ1) is 9.72. The second-order valence-electron chi connectivity index (χ2n) is 6.26. The third-order valence-corrected chi connectivity index (χ3v) is 3.76. The van der Waals surface area contributed by atoms with Gasteiger partial charge in [-0.15, -0.1) is 0 Å². The highest BCUT2D eigenvalue weighted by Crippen LogP contribution is 2.13. The van der Waals surface area contributed by atoms with Crippen LogP contribution in [0.15, 0.2) is 36.0 Å². The summed E-state index contributed by atoms with van der Waals surface area (Å²) >= 11 is 0. The number of hydrogen-bond donors (Lipinski definition) is 0. The molecule has 1 nitrogen and oxygen atoms in total. The van der Waals surface area contributed by atoms with Crippen molar-refractivity contribution in [1.82, 2.24) is 4.90 Å². The van der Waals surface area contributed by atoms with Gasteiger partial charge in [-0.1, -0.05) is 51.2 Å². The Hall–Kier alpha value is -0.820. The molecule has 0 spiro atoms. The van der Waals surface area contributed by atoms with Gasteiger partial charge in [-0.3, -0.25) is 0 Å². The Morgan fingerprint density at radius 3 is 2.55 bits per heavy atom. The van der Waals surface area contributed by atoms with Gasteiger partial charge in [0, 0.05) is 0 Å². The Balaban J connectivity index is 2.35. The molecular formula is C19H33N. The fraction of sp³-hybridized carbons (Fsp3) is 0.684. The standard InChI is InChI=1S/C19H33N/c1-4-5-12-19(13-7-6-11-18(2)3)14-10-17-20-15-8-9-16-20/h5-7,12-13,18H,4,8-11,14-17H2,1-3H3/b7-6+,12-5-,19-13+. The summed E-state index contributed by atoms with van der Waals surface area (Å²) < 4.78 is 0. The minimum atomic E-state index is 0.754. The van der Waals surface area contributed by atoms with E-state index in [1.807, 2.05) is 0 Å². The average molecular weight is 275 g/mol. The van der Waals surface area contributed by atoms with Crippen LogP contribution in [0.4, 0.5) is 0 Å². The minimum absolute atomic E-state index is 0.754. The number of nitrogens with zero attached hydrogens (tertiary/aromatic N) is 1. The van der Waals surface area contributed by atoms with E-state index in [4.69, 9.17) is 0 Å². The van der Waals surface area contributed by atoms with E-state index < -0.39 is 0 Å². The molecule has 0 atom stereocenters. The van der Waals surface area contributed by atoms with Crippen molar-refractivity contribution in [3.05, 3.63) is 36.0 Å². The molecular weight excluding hydrogens is 242 g/mol. The minimum Gasteiger partial charge on any atom is -0.303 e. The molecule has 20 heavy (non-hydrogen) atoms. The van der Waals surface area contributed by atoms with Gasteiger partial charge in [-0.2, -0.15) is 0 Å². The highest BCUT2D eigenvalue weighted by atomic mass is 15.1. The summed E-state index contributed by atoms with van der Waals surface area (Å²) in [5, 5.41) is 0. The molecule has 0 amide bonds. The molecule has 114 valence electrons. The summed E-state index contributed by atoms with van der Waals surface area (Å²) in [5.41, 5.74) is 1.48. The Morgan fingerprint density at radius 1 is 1.15 bits per heavy atom. The maximum Gasteiger partial charge on any atom is -0.00156 e. The maximum absolute atomic E-state index is 2.61. The van der Waals surface area contributed by atoms with Crippen LogP contribution >= 0.6 is 0 Å². The van der Waals surface area contributed by atoms with Crippen LogP contribution in [0.1, 0.15) is 59.3 Å². The van der Waals surface area contributed by atoms with Crippen molar-refractivity contribution in [2.45, 2.75) is 59.3 Å². The molecule has 1 aliphatic heterocycles. The Morgan fingerprint density at radius 2 is 1.90 bits per heavy atom. The van der Waals surface area contributed by atoms with Gasteiger partial charge >= 0.3 is 0 Å². The number of rotatable bonds is 9. The van der Waals surface area contributed by atoms with Crippen molar-refractivity contribution in [3.63, 3.8) is 0 Å². The first-order valence-corrected chi connectivity index (χ1v) is 8.47. The smallest absolute Gasteiger partial charge is 0.00156 e. The van der Waals surface area contributed by atoms with Crippen molar-refractivity contribution < 1.29 is 0 Å². The lowest BCUT2D eigenvalue weighted by atomic mass is 10.1. The molecule has 0 unspecified atom stereocenters. The highest BCUT2D eigenvalue weighted by Gasteiger charge is 2.10. The average Bonchev–Trinajstić information content (AvgIpc) is 2.93. The monoisotopic (exact) mass is 275 g/mol. The molecule has 1 saturated heterocycles. The molecule has 1 heterocycles.